The van der Waals surface area contributed by atoms with Crippen LogP contribution in [0, 0.1) is 0 Å². The molecule has 0 atom stereocenters. The van der Waals surface area contributed by atoms with E-state index in [1.807, 2.05) is 6.07 Å². The summed E-state index contributed by atoms with van der Waals surface area (Å²) in [4.78, 5) is 12.1. The summed E-state index contributed by atoms with van der Waals surface area (Å²) in [5.74, 6) is -0.248. The molecule has 2 aromatic carbocycles. The highest BCUT2D eigenvalue weighted by atomic mass is 16.3. The van der Waals surface area contributed by atoms with E-state index in [1.165, 1.54) is 6.21 Å². The van der Waals surface area contributed by atoms with E-state index in [9.17, 15) is 9.90 Å². The zero-order valence-electron chi connectivity index (χ0n) is 10.9. The summed E-state index contributed by atoms with van der Waals surface area (Å²) < 4.78 is 0. The van der Waals surface area contributed by atoms with Crippen LogP contribution in [0.2, 0.25) is 0 Å². The molecule has 1 heterocycles. The van der Waals surface area contributed by atoms with E-state index in [0.717, 1.165) is 5.39 Å². The van der Waals surface area contributed by atoms with E-state index in [4.69, 9.17) is 0 Å². The minimum Gasteiger partial charge on any atom is -0.507 e. The van der Waals surface area contributed by atoms with Crippen LogP contribution < -0.4 is 5.43 Å². The molecule has 0 spiro atoms. The van der Waals surface area contributed by atoms with Crippen molar-refractivity contribution in [1.82, 2.24) is 15.6 Å². The molecule has 21 heavy (non-hydrogen) atoms. The number of benzene rings is 2. The Morgan fingerprint density at radius 2 is 2.10 bits per heavy atom. The maximum absolute atomic E-state index is 12.1. The molecule has 0 saturated heterocycles. The van der Waals surface area contributed by atoms with Crippen molar-refractivity contribution in [3.63, 3.8) is 0 Å². The fraction of sp³-hybridized carbons (Fsp3) is 0. The van der Waals surface area contributed by atoms with Gasteiger partial charge in [0.05, 0.1) is 23.5 Å². The summed E-state index contributed by atoms with van der Waals surface area (Å²) in [6.07, 6.45) is 3.04. The van der Waals surface area contributed by atoms with Crippen molar-refractivity contribution >= 4 is 23.0 Å². The molecule has 0 aliphatic carbocycles. The number of amides is 1. The normalized spacial score (nSPS) is 11.0. The second-order valence-corrected chi connectivity index (χ2v) is 4.40. The molecule has 0 radical (unpaired) electrons. The van der Waals surface area contributed by atoms with E-state index >= 15 is 0 Å². The Balaban J connectivity index is 1.78. The predicted octanol–water partition coefficient (Wildman–Crippen LogP) is 2.03. The van der Waals surface area contributed by atoms with Crippen molar-refractivity contribution in [3.8, 4) is 5.75 Å². The van der Waals surface area contributed by atoms with E-state index < -0.39 is 0 Å². The third-order valence-electron chi connectivity index (χ3n) is 3.03. The summed E-state index contributed by atoms with van der Waals surface area (Å²) in [5, 5.41) is 21.0. The minimum absolute atomic E-state index is 0.103. The number of aromatic nitrogens is 2. The summed E-state index contributed by atoms with van der Waals surface area (Å²) in [6, 6.07) is 12.1. The third-order valence-corrected chi connectivity index (χ3v) is 3.03. The number of nitrogens with one attached hydrogen (secondary N) is 2. The van der Waals surface area contributed by atoms with Gasteiger partial charge in [-0.05, 0) is 18.2 Å². The van der Waals surface area contributed by atoms with Gasteiger partial charge in [0.2, 0.25) is 0 Å². The Morgan fingerprint density at radius 1 is 1.24 bits per heavy atom. The van der Waals surface area contributed by atoms with Gasteiger partial charge >= 0.3 is 0 Å². The second-order valence-electron chi connectivity index (χ2n) is 4.40. The Bertz CT molecular complexity index is 823. The predicted molar refractivity (Wildman–Crippen MR) is 79.3 cm³/mol. The van der Waals surface area contributed by atoms with Crippen LogP contribution in [0.4, 0.5) is 0 Å². The third kappa shape index (κ3) is 2.59. The number of carbonyl (C=O) groups is 1. The smallest absolute Gasteiger partial charge is 0.273 e. The summed E-state index contributed by atoms with van der Waals surface area (Å²) in [5.41, 5.74) is 4.07. The number of H-pyrrole nitrogens is 1. The molecule has 6 nitrogen and oxygen atoms in total. The zero-order valence-corrected chi connectivity index (χ0v) is 10.9. The van der Waals surface area contributed by atoms with Gasteiger partial charge in [0.1, 0.15) is 5.75 Å². The van der Waals surface area contributed by atoms with Crippen molar-refractivity contribution in [2.75, 3.05) is 0 Å². The molecular formula is C15H12N4O2. The van der Waals surface area contributed by atoms with Gasteiger partial charge in [0.15, 0.2) is 0 Å². The van der Waals surface area contributed by atoms with Crippen molar-refractivity contribution in [2.45, 2.75) is 0 Å². The van der Waals surface area contributed by atoms with Gasteiger partial charge in [-0.1, -0.05) is 24.3 Å². The van der Waals surface area contributed by atoms with Gasteiger partial charge in [0, 0.05) is 10.9 Å². The van der Waals surface area contributed by atoms with E-state index in [2.05, 4.69) is 20.7 Å². The van der Waals surface area contributed by atoms with Crippen LogP contribution in [0.3, 0.4) is 0 Å². The Hall–Kier alpha value is -3.15. The van der Waals surface area contributed by atoms with Crippen molar-refractivity contribution in [2.24, 2.45) is 5.10 Å². The number of aromatic amines is 1. The van der Waals surface area contributed by atoms with E-state index in [-0.39, 0.29) is 11.7 Å². The standard InChI is InChI=1S/C15H12N4O2/c20-13-7-2-1-4-10(13)8-17-19-15(21)12-6-3-5-11-9-16-18-14(11)12/h1-9,20H,(H,16,18)(H,19,21)/b17-8+. The van der Waals surface area contributed by atoms with Gasteiger partial charge in [-0.2, -0.15) is 10.2 Å². The van der Waals surface area contributed by atoms with Crippen LogP contribution in [-0.2, 0) is 0 Å². The SMILES string of the molecule is O=C(N/N=C/c1ccccc1O)c1cccc2cn[nH]c12. The van der Waals surface area contributed by atoms with E-state index in [0.29, 0.717) is 16.6 Å². The number of hydrogen-bond donors (Lipinski definition) is 3. The van der Waals surface area contributed by atoms with Crippen LogP contribution >= 0.6 is 0 Å². The first kappa shape index (κ1) is 12.9. The molecule has 0 saturated carbocycles. The van der Waals surface area contributed by atoms with Crippen LogP contribution in [0.25, 0.3) is 10.9 Å². The number of hydrazone groups is 1. The molecule has 104 valence electrons. The number of para-hydroxylation sites is 2. The molecule has 0 unspecified atom stereocenters. The van der Waals surface area contributed by atoms with Gasteiger partial charge < -0.3 is 5.11 Å². The summed E-state index contributed by atoms with van der Waals surface area (Å²) in [7, 11) is 0. The molecule has 0 fully saturated rings. The Kier molecular flexibility index (Phi) is 3.34. The molecule has 3 rings (SSSR count). The average molecular weight is 280 g/mol. The van der Waals surface area contributed by atoms with Crippen molar-refractivity contribution in [1.29, 1.82) is 0 Å². The van der Waals surface area contributed by atoms with E-state index in [1.54, 1.807) is 42.6 Å². The van der Waals surface area contributed by atoms with Crippen LogP contribution in [0.1, 0.15) is 15.9 Å². The number of phenolic OH excluding ortho intramolecular Hbond substituents is 1. The number of rotatable bonds is 3. The van der Waals surface area contributed by atoms with Gasteiger partial charge in [-0.15, -0.1) is 0 Å². The molecule has 0 aliphatic rings. The fourth-order valence-electron chi connectivity index (χ4n) is 1.98. The van der Waals surface area contributed by atoms with Crippen molar-refractivity contribution < 1.29 is 9.90 Å². The number of hydrogen-bond acceptors (Lipinski definition) is 4. The highest BCUT2D eigenvalue weighted by molar-refractivity contribution is 6.05. The summed E-state index contributed by atoms with van der Waals surface area (Å²) in [6.45, 7) is 0. The topological polar surface area (TPSA) is 90.4 Å². The van der Waals surface area contributed by atoms with Crippen LogP contribution in [-0.4, -0.2) is 27.4 Å². The quantitative estimate of drug-likeness (QED) is 0.506. The lowest BCUT2D eigenvalue weighted by atomic mass is 10.1. The average Bonchev–Trinajstić information content (AvgIpc) is 2.97. The lowest BCUT2D eigenvalue weighted by molar-refractivity contribution is 0.0956. The second kappa shape index (κ2) is 5.46. The number of carbonyl (C=O) groups excluding carboxylic acids is 1. The molecule has 0 bridgehead atoms. The molecule has 3 N–H and O–H groups in total. The highest BCUT2D eigenvalue weighted by Gasteiger charge is 2.10. The van der Waals surface area contributed by atoms with Gasteiger partial charge in [0.25, 0.3) is 5.91 Å². The molecule has 3 aromatic rings. The zero-order chi connectivity index (χ0) is 14.7. The molecule has 0 aliphatic heterocycles. The van der Waals surface area contributed by atoms with Gasteiger partial charge in [-0.25, -0.2) is 5.43 Å². The minimum atomic E-state index is -0.350. The Labute approximate surface area is 120 Å². The molecule has 1 amide bonds. The monoisotopic (exact) mass is 280 g/mol. The first-order valence-electron chi connectivity index (χ1n) is 6.29. The van der Waals surface area contributed by atoms with Crippen LogP contribution in [0.15, 0.2) is 53.8 Å². The Morgan fingerprint density at radius 3 is 2.95 bits per heavy atom. The fourth-order valence-corrected chi connectivity index (χ4v) is 1.98. The maximum atomic E-state index is 12.1. The first-order chi connectivity index (χ1) is 10.3. The first-order valence-corrected chi connectivity index (χ1v) is 6.29. The molecular weight excluding hydrogens is 268 g/mol. The number of fused-ring (bicyclic) bond motifs is 1. The molecule has 1 aromatic heterocycles. The van der Waals surface area contributed by atoms with Crippen LogP contribution in [0.5, 0.6) is 5.75 Å². The number of phenols is 1. The number of aromatic hydroxyl groups is 1. The highest BCUT2D eigenvalue weighted by Crippen LogP contribution is 2.15. The lowest BCUT2D eigenvalue weighted by Crippen LogP contribution is -2.18. The largest absolute Gasteiger partial charge is 0.507 e. The van der Waals surface area contributed by atoms with Crippen molar-refractivity contribution in [3.05, 3.63) is 59.8 Å². The maximum Gasteiger partial charge on any atom is 0.273 e. The van der Waals surface area contributed by atoms with Gasteiger partial charge in [-0.3, -0.25) is 9.89 Å². The lowest BCUT2D eigenvalue weighted by Gasteiger charge is -2.01. The molecule has 6 heteroatoms. The number of nitrogens with zero attached hydrogens (tertiary/aromatic N) is 2. The summed E-state index contributed by atoms with van der Waals surface area (Å²) >= 11 is 0.